The second-order valence-electron chi connectivity index (χ2n) is 3.86. The molecule has 3 heteroatoms. The normalized spacial score (nSPS) is 12.6. The van der Waals surface area contributed by atoms with E-state index >= 15 is 0 Å². The van der Waals surface area contributed by atoms with E-state index < -0.39 is 0 Å². The van der Waals surface area contributed by atoms with Gasteiger partial charge in [0, 0.05) is 6.04 Å². The molecular weight excluding hydrogens is 188 g/mol. The van der Waals surface area contributed by atoms with Crippen LogP contribution in [0, 0.1) is 13.8 Å². The predicted molar refractivity (Wildman–Crippen MR) is 63.1 cm³/mol. The minimum absolute atomic E-state index is 0.0274. The number of hydrogen-bond donors (Lipinski definition) is 2. The summed E-state index contributed by atoms with van der Waals surface area (Å²) in [6.07, 6.45) is 0.812. The van der Waals surface area contributed by atoms with Gasteiger partial charge in [0.05, 0.1) is 7.11 Å². The summed E-state index contributed by atoms with van der Waals surface area (Å²) in [7, 11) is 1.68. The lowest BCUT2D eigenvalue weighted by Gasteiger charge is -2.16. The molecule has 84 valence electrons. The molecule has 1 unspecified atom stereocenters. The first kappa shape index (κ1) is 12.0. The number of ether oxygens (including phenoxy) is 1. The third-order valence-corrected chi connectivity index (χ3v) is 2.66. The van der Waals surface area contributed by atoms with Crippen molar-refractivity contribution in [3.05, 3.63) is 28.8 Å². The van der Waals surface area contributed by atoms with Crippen LogP contribution in [0.15, 0.2) is 12.1 Å². The Hall–Kier alpha value is -1.06. The number of aryl methyl sites for hydroxylation is 2. The standard InChI is InChI=1S/C12H20N2O/c1-8-7-12(15-3)9(2)6-10(8)11(14)4-5-13/h6-7,11H,4-5,13-14H2,1-3H3. The molecule has 0 amide bonds. The number of rotatable bonds is 4. The first-order valence-corrected chi connectivity index (χ1v) is 5.21. The lowest BCUT2D eigenvalue weighted by Crippen LogP contribution is -2.16. The van der Waals surface area contributed by atoms with Crippen LogP contribution in [-0.2, 0) is 0 Å². The van der Waals surface area contributed by atoms with Gasteiger partial charge in [-0.15, -0.1) is 0 Å². The van der Waals surface area contributed by atoms with Crippen LogP contribution >= 0.6 is 0 Å². The summed E-state index contributed by atoms with van der Waals surface area (Å²) in [6, 6.07) is 4.15. The highest BCUT2D eigenvalue weighted by molar-refractivity contribution is 5.42. The fourth-order valence-corrected chi connectivity index (χ4v) is 1.77. The van der Waals surface area contributed by atoms with Crippen molar-refractivity contribution in [2.24, 2.45) is 11.5 Å². The molecule has 3 nitrogen and oxygen atoms in total. The fraction of sp³-hybridized carbons (Fsp3) is 0.500. The summed E-state index contributed by atoms with van der Waals surface area (Å²) >= 11 is 0. The Labute approximate surface area is 91.4 Å². The molecule has 1 rings (SSSR count). The van der Waals surface area contributed by atoms with Gasteiger partial charge in [0.1, 0.15) is 5.75 Å². The van der Waals surface area contributed by atoms with Crippen LogP contribution in [0.3, 0.4) is 0 Å². The first-order valence-electron chi connectivity index (χ1n) is 5.21. The van der Waals surface area contributed by atoms with Gasteiger partial charge in [-0.1, -0.05) is 6.07 Å². The van der Waals surface area contributed by atoms with Crippen molar-refractivity contribution in [1.29, 1.82) is 0 Å². The molecule has 0 aliphatic carbocycles. The van der Waals surface area contributed by atoms with E-state index in [1.165, 1.54) is 11.1 Å². The number of benzene rings is 1. The molecule has 1 aromatic rings. The van der Waals surface area contributed by atoms with Crippen LogP contribution in [0.4, 0.5) is 0 Å². The molecule has 0 bridgehead atoms. The Bertz CT molecular complexity index is 337. The topological polar surface area (TPSA) is 61.3 Å². The minimum Gasteiger partial charge on any atom is -0.496 e. The molecule has 1 aromatic carbocycles. The van der Waals surface area contributed by atoms with Gasteiger partial charge in [-0.05, 0) is 49.6 Å². The maximum absolute atomic E-state index is 6.05. The molecule has 0 aromatic heterocycles. The van der Waals surface area contributed by atoms with Crippen LogP contribution in [-0.4, -0.2) is 13.7 Å². The average molecular weight is 208 g/mol. The Morgan fingerprint density at radius 2 is 1.93 bits per heavy atom. The maximum atomic E-state index is 6.05. The van der Waals surface area contributed by atoms with Gasteiger partial charge in [0.15, 0.2) is 0 Å². The van der Waals surface area contributed by atoms with E-state index in [4.69, 9.17) is 16.2 Å². The zero-order valence-corrected chi connectivity index (χ0v) is 9.71. The van der Waals surface area contributed by atoms with E-state index in [0.717, 1.165) is 17.7 Å². The Morgan fingerprint density at radius 1 is 1.27 bits per heavy atom. The van der Waals surface area contributed by atoms with Crippen molar-refractivity contribution >= 4 is 0 Å². The van der Waals surface area contributed by atoms with Gasteiger partial charge in [0.2, 0.25) is 0 Å². The summed E-state index contributed by atoms with van der Waals surface area (Å²) in [5.74, 6) is 0.913. The number of hydrogen-bond acceptors (Lipinski definition) is 3. The molecule has 0 aliphatic heterocycles. The lowest BCUT2D eigenvalue weighted by atomic mass is 9.97. The number of methoxy groups -OCH3 is 1. The summed E-state index contributed by atoms with van der Waals surface area (Å²) < 4.78 is 5.25. The number of nitrogens with two attached hydrogens (primary N) is 2. The fourth-order valence-electron chi connectivity index (χ4n) is 1.77. The average Bonchev–Trinajstić information content (AvgIpc) is 2.21. The quantitative estimate of drug-likeness (QED) is 0.791. The smallest absolute Gasteiger partial charge is 0.122 e. The lowest BCUT2D eigenvalue weighted by molar-refractivity contribution is 0.411. The monoisotopic (exact) mass is 208 g/mol. The van der Waals surface area contributed by atoms with Crippen LogP contribution in [0.2, 0.25) is 0 Å². The molecule has 0 saturated carbocycles. The Kier molecular flexibility index (Phi) is 4.12. The van der Waals surface area contributed by atoms with E-state index in [2.05, 4.69) is 6.07 Å². The van der Waals surface area contributed by atoms with E-state index in [1.807, 2.05) is 19.9 Å². The zero-order valence-electron chi connectivity index (χ0n) is 9.71. The van der Waals surface area contributed by atoms with Crippen molar-refractivity contribution in [2.45, 2.75) is 26.3 Å². The summed E-state index contributed by atoms with van der Waals surface area (Å²) in [5, 5.41) is 0. The molecule has 0 aliphatic rings. The Morgan fingerprint density at radius 3 is 2.47 bits per heavy atom. The third kappa shape index (κ3) is 2.70. The zero-order chi connectivity index (χ0) is 11.4. The molecule has 15 heavy (non-hydrogen) atoms. The van der Waals surface area contributed by atoms with Gasteiger partial charge in [-0.3, -0.25) is 0 Å². The van der Waals surface area contributed by atoms with Crippen molar-refractivity contribution in [2.75, 3.05) is 13.7 Å². The predicted octanol–water partition coefficient (Wildman–Crippen LogP) is 1.66. The van der Waals surface area contributed by atoms with Crippen molar-refractivity contribution < 1.29 is 4.74 Å². The summed E-state index contributed by atoms with van der Waals surface area (Å²) in [4.78, 5) is 0. The molecular formula is C12H20N2O. The van der Waals surface area contributed by atoms with Crippen LogP contribution in [0.1, 0.15) is 29.2 Å². The highest BCUT2D eigenvalue weighted by Crippen LogP contribution is 2.26. The van der Waals surface area contributed by atoms with Gasteiger partial charge in [-0.2, -0.15) is 0 Å². The van der Waals surface area contributed by atoms with Crippen molar-refractivity contribution in [1.82, 2.24) is 0 Å². The second kappa shape index (κ2) is 5.14. The largest absolute Gasteiger partial charge is 0.496 e. The van der Waals surface area contributed by atoms with Gasteiger partial charge in [-0.25, -0.2) is 0 Å². The molecule has 0 radical (unpaired) electrons. The molecule has 0 heterocycles. The van der Waals surface area contributed by atoms with Crippen LogP contribution in [0.25, 0.3) is 0 Å². The highest BCUT2D eigenvalue weighted by atomic mass is 16.5. The SMILES string of the molecule is COc1cc(C)c(C(N)CCN)cc1C. The van der Waals surface area contributed by atoms with E-state index in [-0.39, 0.29) is 6.04 Å². The van der Waals surface area contributed by atoms with Crippen molar-refractivity contribution in [3.8, 4) is 5.75 Å². The summed E-state index contributed by atoms with van der Waals surface area (Å²) in [5.41, 5.74) is 15.0. The minimum atomic E-state index is 0.0274. The molecule has 4 N–H and O–H groups in total. The van der Waals surface area contributed by atoms with Gasteiger partial charge < -0.3 is 16.2 Å². The van der Waals surface area contributed by atoms with Crippen LogP contribution < -0.4 is 16.2 Å². The Balaban J connectivity index is 3.04. The van der Waals surface area contributed by atoms with Gasteiger partial charge >= 0.3 is 0 Å². The molecule has 0 saturated heterocycles. The van der Waals surface area contributed by atoms with Crippen LogP contribution in [0.5, 0.6) is 5.75 Å². The van der Waals surface area contributed by atoms with E-state index in [9.17, 15) is 0 Å². The third-order valence-electron chi connectivity index (χ3n) is 2.66. The highest BCUT2D eigenvalue weighted by Gasteiger charge is 2.10. The molecule has 1 atom stereocenters. The second-order valence-corrected chi connectivity index (χ2v) is 3.86. The van der Waals surface area contributed by atoms with Crippen molar-refractivity contribution in [3.63, 3.8) is 0 Å². The first-order chi connectivity index (χ1) is 7.10. The van der Waals surface area contributed by atoms with E-state index in [0.29, 0.717) is 6.54 Å². The van der Waals surface area contributed by atoms with Gasteiger partial charge in [0.25, 0.3) is 0 Å². The van der Waals surface area contributed by atoms with E-state index in [1.54, 1.807) is 7.11 Å². The molecule has 0 fully saturated rings. The summed E-state index contributed by atoms with van der Waals surface area (Å²) in [6.45, 7) is 4.69. The maximum Gasteiger partial charge on any atom is 0.122 e. The molecule has 0 spiro atoms.